The number of alkyl halides is 1. The van der Waals surface area contributed by atoms with Crippen LogP contribution in [-0.4, -0.2) is 7.11 Å². The van der Waals surface area contributed by atoms with E-state index in [-0.39, 0.29) is 5.38 Å². The van der Waals surface area contributed by atoms with Crippen molar-refractivity contribution in [2.24, 2.45) is 0 Å². The summed E-state index contributed by atoms with van der Waals surface area (Å²) < 4.78 is 6.24. The number of halogens is 2. The molecule has 90 valence electrons. The van der Waals surface area contributed by atoms with Crippen molar-refractivity contribution < 1.29 is 4.74 Å². The van der Waals surface area contributed by atoms with Gasteiger partial charge in [0.1, 0.15) is 5.75 Å². The van der Waals surface area contributed by atoms with Gasteiger partial charge in [0.2, 0.25) is 0 Å². The monoisotopic (exact) mass is 330 g/mol. The second-order valence-electron chi connectivity index (χ2n) is 3.69. The molecule has 1 nitrogen and oxygen atoms in total. The number of hydrogen-bond donors (Lipinski definition) is 0. The zero-order valence-electron chi connectivity index (χ0n) is 9.32. The van der Waals surface area contributed by atoms with Crippen molar-refractivity contribution >= 4 is 38.9 Å². The number of methoxy groups -OCH3 is 1. The number of hydrogen-bond acceptors (Lipinski definition) is 2. The van der Waals surface area contributed by atoms with Crippen molar-refractivity contribution in [3.05, 3.63) is 50.6 Å². The van der Waals surface area contributed by atoms with Gasteiger partial charge in [0.15, 0.2) is 0 Å². The number of thiophene rings is 1. The molecule has 0 aliphatic rings. The molecule has 0 saturated heterocycles. The van der Waals surface area contributed by atoms with Crippen LogP contribution in [0.5, 0.6) is 5.75 Å². The normalized spacial score (nSPS) is 12.4. The van der Waals surface area contributed by atoms with E-state index in [1.165, 1.54) is 5.56 Å². The fourth-order valence-electron chi connectivity index (χ4n) is 1.61. The maximum absolute atomic E-state index is 6.45. The van der Waals surface area contributed by atoms with Gasteiger partial charge in [-0.25, -0.2) is 0 Å². The van der Waals surface area contributed by atoms with Gasteiger partial charge in [-0.2, -0.15) is 11.3 Å². The van der Waals surface area contributed by atoms with Crippen molar-refractivity contribution in [1.82, 2.24) is 0 Å². The van der Waals surface area contributed by atoms with E-state index in [2.05, 4.69) is 32.8 Å². The zero-order valence-corrected chi connectivity index (χ0v) is 12.5. The highest BCUT2D eigenvalue weighted by atomic mass is 79.9. The molecule has 2 rings (SSSR count). The lowest BCUT2D eigenvalue weighted by Gasteiger charge is -2.12. The SMILES string of the molecule is COc1ccc(Br)c(C(Cl)Cc2ccsc2)c1. The van der Waals surface area contributed by atoms with Crippen molar-refractivity contribution in [1.29, 1.82) is 0 Å². The molecule has 1 heterocycles. The predicted octanol–water partition coefficient (Wildman–Crippen LogP) is 5.04. The van der Waals surface area contributed by atoms with Crippen LogP contribution in [0.3, 0.4) is 0 Å². The van der Waals surface area contributed by atoms with E-state index in [1.807, 2.05) is 18.2 Å². The summed E-state index contributed by atoms with van der Waals surface area (Å²) in [6, 6.07) is 7.97. The predicted molar refractivity (Wildman–Crippen MR) is 77.3 cm³/mol. The molecule has 0 aliphatic carbocycles. The molecule has 0 fully saturated rings. The zero-order chi connectivity index (χ0) is 12.3. The second-order valence-corrected chi connectivity index (χ2v) is 5.85. The minimum Gasteiger partial charge on any atom is -0.497 e. The first kappa shape index (κ1) is 12.9. The molecule has 17 heavy (non-hydrogen) atoms. The Kier molecular flexibility index (Phi) is 4.48. The van der Waals surface area contributed by atoms with E-state index in [4.69, 9.17) is 16.3 Å². The molecular formula is C13H12BrClOS. The van der Waals surface area contributed by atoms with Crippen LogP contribution in [0.4, 0.5) is 0 Å². The summed E-state index contributed by atoms with van der Waals surface area (Å²) in [4.78, 5) is 0. The van der Waals surface area contributed by atoms with Crippen LogP contribution >= 0.6 is 38.9 Å². The van der Waals surface area contributed by atoms with E-state index < -0.39 is 0 Å². The Labute approximate surface area is 119 Å². The van der Waals surface area contributed by atoms with Crippen molar-refractivity contribution in [3.8, 4) is 5.75 Å². The Morgan fingerprint density at radius 1 is 1.41 bits per heavy atom. The van der Waals surface area contributed by atoms with Gasteiger partial charge >= 0.3 is 0 Å². The summed E-state index contributed by atoms with van der Waals surface area (Å²) in [5.74, 6) is 0.833. The third-order valence-electron chi connectivity index (χ3n) is 2.54. The van der Waals surface area contributed by atoms with E-state index in [9.17, 15) is 0 Å². The van der Waals surface area contributed by atoms with Crippen LogP contribution in [-0.2, 0) is 6.42 Å². The Bertz CT molecular complexity index is 484. The lowest BCUT2D eigenvalue weighted by molar-refractivity contribution is 0.414. The minimum atomic E-state index is -0.0472. The molecule has 0 aliphatic heterocycles. The quantitative estimate of drug-likeness (QED) is 0.713. The Morgan fingerprint density at radius 3 is 2.88 bits per heavy atom. The average Bonchev–Trinajstić information content (AvgIpc) is 2.82. The highest BCUT2D eigenvalue weighted by Gasteiger charge is 2.13. The summed E-state index contributed by atoms with van der Waals surface area (Å²) in [7, 11) is 1.66. The minimum absolute atomic E-state index is 0.0472. The molecule has 0 spiro atoms. The number of rotatable bonds is 4. The Hall–Kier alpha value is -0.510. The smallest absolute Gasteiger partial charge is 0.119 e. The fourth-order valence-corrected chi connectivity index (χ4v) is 3.31. The lowest BCUT2D eigenvalue weighted by Crippen LogP contribution is -1.97. The van der Waals surface area contributed by atoms with Gasteiger partial charge in [-0.05, 0) is 52.6 Å². The van der Waals surface area contributed by atoms with E-state index in [0.29, 0.717) is 0 Å². The first-order valence-corrected chi connectivity index (χ1v) is 7.36. The van der Waals surface area contributed by atoms with Crippen molar-refractivity contribution in [3.63, 3.8) is 0 Å². The molecule has 0 saturated carbocycles. The topological polar surface area (TPSA) is 9.23 Å². The molecule has 4 heteroatoms. The molecule has 1 unspecified atom stereocenters. The number of ether oxygens (including phenoxy) is 1. The van der Waals surface area contributed by atoms with E-state index in [0.717, 1.165) is 22.2 Å². The van der Waals surface area contributed by atoms with Gasteiger partial charge in [0, 0.05) is 4.47 Å². The maximum Gasteiger partial charge on any atom is 0.119 e. The van der Waals surface area contributed by atoms with Gasteiger partial charge in [-0.15, -0.1) is 11.6 Å². The van der Waals surface area contributed by atoms with Crippen LogP contribution < -0.4 is 4.74 Å². The maximum atomic E-state index is 6.45. The van der Waals surface area contributed by atoms with Gasteiger partial charge in [-0.1, -0.05) is 15.9 Å². The number of benzene rings is 1. The highest BCUT2D eigenvalue weighted by Crippen LogP contribution is 2.33. The average molecular weight is 332 g/mol. The fraction of sp³-hybridized carbons (Fsp3) is 0.231. The Morgan fingerprint density at radius 2 is 2.24 bits per heavy atom. The van der Waals surface area contributed by atoms with Crippen LogP contribution in [0.2, 0.25) is 0 Å². The molecule has 1 aromatic carbocycles. The van der Waals surface area contributed by atoms with Gasteiger partial charge in [0.05, 0.1) is 12.5 Å². The largest absolute Gasteiger partial charge is 0.497 e. The van der Waals surface area contributed by atoms with E-state index in [1.54, 1.807) is 18.4 Å². The van der Waals surface area contributed by atoms with Gasteiger partial charge in [0.25, 0.3) is 0 Å². The molecule has 1 aromatic heterocycles. The van der Waals surface area contributed by atoms with Crippen LogP contribution in [0.1, 0.15) is 16.5 Å². The van der Waals surface area contributed by atoms with Gasteiger partial charge in [-0.3, -0.25) is 0 Å². The Balaban J connectivity index is 2.20. The molecule has 2 aromatic rings. The highest BCUT2D eigenvalue weighted by molar-refractivity contribution is 9.10. The third kappa shape index (κ3) is 3.24. The molecular weight excluding hydrogens is 320 g/mol. The second kappa shape index (κ2) is 5.89. The summed E-state index contributed by atoms with van der Waals surface area (Å²) in [5, 5.41) is 4.15. The van der Waals surface area contributed by atoms with Crippen LogP contribution in [0.25, 0.3) is 0 Å². The summed E-state index contributed by atoms with van der Waals surface area (Å²) >= 11 is 11.7. The molecule has 0 amide bonds. The summed E-state index contributed by atoms with van der Waals surface area (Å²) in [6.45, 7) is 0. The summed E-state index contributed by atoms with van der Waals surface area (Å²) in [6.07, 6.45) is 0.830. The third-order valence-corrected chi connectivity index (χ3v) is 4.38. The van der Waals surface area contributed by atoms with E-state index >= 15 is 0 Å². The van der Waals surface area contributed by atoms with Gasteiger partial charge < -0.3 is 4.74 Å². The summed E-state index contributed by atoms with van der Waals surface area (Å²) in [5.41, 5.74) is 2.34. The molecule has 0 N–H and O–H groups in total. The molecule has 1 atom stereocenters. The van der Waals surface area contributed by atoms with Crippen LogP contribution in [0, 0.1) is 0 Å². The standard InChI is InChI=1S/C13H12BrClOS/c1-16-10-2-3-12(14)11(7-10)13(15)6-9-4-5-17-8-9/h2-5,7-8,13H,6H2,1H3. The first-order chi connectivity index (χ1) is 8.20. The van der Waals surface area contributed by atoms with Crippen molar-refractivity contribution in [2.75, 3.05) is 7.11 Å². The van der Waals surface area contributed by atoms with Crippen molar-refractivity contribution in [2.45, 2.75) is 11.8 Å². The lowest BCUT2D eigenvalue weighted by atomic mass is 10.1. The first-order valence-electron chi connectivity index (χ1n) is 5.19. The molecule has 0 radical (unpaired) electrons. The molecule has 0 bridgehead atoms. The van der Waals surface area contributed by atoms with Crippen LogP contribution in [0.15, 0.2) is 39.5 Å².